The summed E-state index contributed by atoms with van der Waals surface area (Å²) in [6.45, 7) is 0. The van der Waals surface area contributed by atoms with Gasteiger partial charge in [0.1, 0.15) is 16.5 Å². The zero-order valence-corrected chi connectivity index (χ0v) is 6.53. The van der Waals surface area contributed by atoms with Crippen LogP contribution in [0.2, 0.25) is 5.15 Å². The lowest BCUT2D eigenvalue weighted by molar-refractivity contribution is 0.147. The Labute approximate surface area is 71.2 Å². The van der Waals surface area contributed by atoms with E-state index < -0.39 is 23.2 Å². The molecule has 0 aliphatic rings. The average Bonchev–Trinajstić information content (AvgIpc) is 1.96. The highest BCUT2D eigenvalue weighted by Crippen LogP contribution is 2.21. The van der Waals surface area contributed by atoms with Gasteiger partial charge in [-0.3, -0.25) is 4.79 Å². The molecule has 0 aliphatic carbocycles. The number of hydrogen-bond donors (Lipinski definition) is 2. The van der Waals surface area contributed by atoms with Crippen LogP contribution in [-0.2, 0) is 0 Å². The lowest BCUT2D eigenvalue weighted by Crippen LogP contribution is -2.12. The fourth-order valence-corrected chi connectivity index (χ4v) is 0.931. The van der Waals surface area contributed by atoms with Crippen molar-refractivity contribution in [3.63, 3.8) is 0 Å². The van der Waals surface area contributed by atoms with E-state index in [4.69, 9.17) is 17.3 Å². The first-order valence-corrected chi connectivity index (χ1v) is 3.36. The van der Waals surface area contributed by atoms with E-state index in [1.54, 1.807) is 0 Å². The number of aromatic amines is 1. The molecule has 1 aromatic heterocycles. The number of anilines is 1. The summed E-state index contributed by atoms with van der Waals surface area (Å²) in [5, 5.41) is -0.149. The highest BCUT2D eigenvalue weighted by Gasteiger charge is 2.14. The van der Waals surface area contributed by atoms with Crippen molar-refractivity contribution in [3.8, 4) is 0 Å². The van der Waals surface area contributed by atoms with Gasteiger partial charge in [0.2, 0.25) is 5.43 Å². The van der Waals surface area contributed by atoms with E-state index in [-0.39, 0.29) is 5.15 Å². The molecule has 0 unspecified atom stereocenters. The summed E-state index contributed by atoms with van der Waals surface area (Å²) in [6.07, 6.45) is -2.82. The van der Waals surface area contributed by atoms with E-state index in [1.807, 2.05) is 0 Å². The Hall–Kier alpha value is -1.10. The second-order valence-electron chi connectivity index (χ2n) is 2.11. The van der Waals surface area contributed by atoms with Gasteiger partial charge in [0.05, 0.1) is 0 Å². The zero-order chi connectivity index (χ0) is 9.30. The lowest BCUT2D eigenvalue weighted by Gasteiger charge is -2.03. The molecule has 0 radical (unpaired) electrons. The van der Waals surface area contributed by atoms with Crippen LogP contribution in [0.25, 0.3) is 0 Å². The Morgan fingerprint density at radius 1 is 1.58 bits per heavy atom. The predicted molar refractivity (Wildman–Crippen MR) is 41.4 cm³/mol. The van der Waals surface area contributed by atoms with Crippen LogP contribution in [0.3, 0.4) is 0 Å². The highest BCUT2D eigenvalue weighted by atomic mass is 35.5. The second-order valence-corrected chi connectivity index (χ2v) is 2.52. The van der Waals surface area contributed by atoms with Crippen molar-refractivity contribution < 1.29 is 8.78 Å². The first-order valence-electron chi connectivity index (χ1n) is 2.98. The molecule has 12 heavy (non-hydrogen) atoms. The first kappa shape index (κ1) is 8.99. The third-order valence-electron chi connectivity index (χ3n) is 1.29. The number of hydrogen-bond acceptors (Lipinski definition) is 2. The molecule has 0 bridgehead atoms. The molecule has 0 spiro atoms. The van der Waals surface area contributed by atoms with Crippen molar-refractivity contribution in [1.29, 1.82) is 0 Å². The maximum absolute atomic E-state index is 12.1. The van der Waals surface area contributed by atoms with Crippen LogP contribution in [0.5, 0.6) is 0 Å². The summed E-state index contributed by atoms with van der Waals surface area (Å²) in [4.78, 5) is 12.9. The van der Waals surface area contributed by atoms with Gasteiger partial charge in [-0.15, -0.1) is 0 Å². The van der Waals surface area contributed by atoms with E-state index >= 15 is 0 Å². The van der Waals surface area contributed by atoms with E-state index in [1.165, 1.54) is 0 Å². The molecule has 0 atom stereocenters. The highest BCUT2D eigenvalue weighted by molar-refractivity contribution is 6.29. The number of nitrogens with one attached hydrogen (secondary N) is 1. The van der Waals surface area contributed by atoms with Gasteiger partial charge < -0.3 is 10.7 Å². The fraction of sp³-hybridized carbons (Fsp3) is 0.167. The van der Waals surface area contributed by atoms with Crippen molar-refractivity contribution >= 4 is 17.3 Å². The molecule has 66 valence electrons. The number of alkyl halides is 2. The maximum Gasteiger partial charge on any atom is 0.280 e. The molecule has 3 nitrogen and oxygen atoms in total. The van der Waals surface area contributed by atoms with E-state index in [2.05, 4.69) is 4.98 Å². The number of halogens is 3. The minimum atomic E-state index is -2.82. The molecule has 0 aliphatic heterocycles. The maximum atomic E-state index is 12.1. The molecular formula is C6H5ClF2N2O. The summed E-state index contributed by atoms with van der Waals surface area (Å²) in [7, 11) is 0. The van der Waals surface area contributed by atoms with E-state index in [9.17, 15) is 13.6 Å². The summed E-state index contributed by atoms with van der Waals surface area (Å²) < 4.78 is 24.2. The van der Waals surface area contributed by atoms with Crippen molar-refractivity contribution in [2.45, 2.75) is 6.43 Å². The Morgan fingerprint density at radius 2 is 2.17 bits per heavy atom. The lowest BCUT2D eigenvalue weighted by atomic mass is 10.3. The molecule has 0 aromatic carbocycles. The third-order valence-corrected chi connectivity index (χ3v) is 1.49. The van der Waals surface area contributed by atoms with Gasteiger partial charge in [-0.05, 0) is 0 Å². The quantitative estimate of drug-likeness (QED) is 0.667. The Balaban J connectivity index is 3.38. The average molecular weight is 195 g/mol. The van der Waals surface area contributed by atoms with Crippen LogP contribution < -0.4 is 11.2 Å². The van der Waals surface area contributed by atoms with Crippen LogP contribution >= 0.6 is 11.6 Å². The number of nitrogen functional groups attached to an aromatic ring is 1. The summed E-state index contributed by atoms with van der Waals surface area (Å²) in [6, 6.07) is 0.947. The molecule has 0 saturated carbocycles. The van der Waals surface area contributed by atoms with E-state index in [0.29, 0.717) is 0 Å². The number of pyridine rings is 1. The van der Waals surface area contributed by atoms with Gasteiger partial charge >= 0.3 is 0 Å². The molecule has 3 N–H and O–H groups in total. The van der Waals surface area contributed by atoms with Crippen LogP contribution in [-0.4, -0.2) is 4.98 Å². The van der Waals surface area contributed by atoms with Crippen LogP contribution in [0.15, 0.2) is 10.9 Å². The Morgan fingerprint density at radius 3 is 2.67 bits per heavy atom. The van der Waals surface area contributed by atoms with Crippen molar-refractivity contribution in [2.24, 2.45) is 0 Å². The molecule has 0 fully saturated rings. The normalized spacial score (nSPS) is 10.7. The van der Waals surface area contributed by atoms with Gasteiger partial charge in [-0.25, -0.2) is 8.78 Å². The molecule has 0 saturated heterocycles. The first-order chi connectivity index (χ1) is 5.52. The smallest absolute Gasteiger partial charge is 0.280 e. The fourth-order valence-electron chi connectivity index (χ4n) is 0.730. The molecule has 1 aromatic rings. The van der Waals surface area contributed by atoms with Gasteiger partial charge in [0.25, 0.3) is 6.43 Å². The summed E-state index contributed by atoms with van der Waals surface area (Å²) in [5.41, 5.74) is 3.25. The van der Waals surface area contributed by atoms with Gasteiger partial charge in [-0.1, -0.05) is 11.6 Å². The van der Waals surface area contributed by atoms with Crippen LogP contribution in [0.1, 0.15) is 12.1 Å². The number of H-pyrrole nitrogens is 1. The summed E-state index contributed by atoms with van der Waals surface area (Å²) in [5.74, 6) is 0. The standard InChI is InChI=1S/C6H5ClF2N2O/c7-3-1-2(12)4(10)5(11-3)6(8)9/h1,6H,10H2,(H,11,12). The largest absolute Gasteiger partial charge is 0.394 e. The van der Waals surface area contributed by atoms with Gasteiger partial charge in [0.15, 0.2) is 0 Å². The van der Waals surface area contributed by atoms with Crippen LogP contribution in [0, 0.1) is 0 Å². The van der Waals surface area contributed by atoms with Crippen molar-refractivity contribution in [2.75, 3.05) is 5.73 Å². The molecular weight excluding hydrogens is 190 g/mol. The number of aromatic nitrogens is 1. The SMILES string of the molecule is Nc1c(C(F)F)[nH]c(Cl)cc1=O. The second kappa shape index (κ2) is 3.10. The van der Waals surface area contributed by atoms with Gasteiger partial charge in [0, 0.05) is 6.07 Å². The van der Waals surface area contributed by atoms with Gasteiger partial charge in [-0.2, -0.15) is 0 Å². The minimum Gasteiger partial charge on any atom is -0.394 e. The topological polar surface area (TPSA) is 58.9 Å². The zero-order valence-electron chi connectivity index (χ0n) is 5.77. The van der Waals surface area contributed by atoms with Crippen LogP contribution in [0.4, 0.5) is 14.5 Å². The van der Waals surface area contributed by atoms with E-state index in [0.717, 1.165) is 6.07 Å². The Bertz CT molecular complexity index is 350. The van der Waals surface area contributed by atoms with Crippen molar-refractivity contribution in [1.82, 2.24) is 4.98 Å². The molecule has 1 heterocycles. The molecule has 1 rings (SSSR count). The monoisotopic (exact) mass is 194 g/mol. The summed E-state index contributed by atoms with van der Waals surface area (Å²) >= 11 is 5.32. The number of nitrogens with two attached hydrogens (primary N) is 1. The Kier molecular flexibility index (Phi) is 2.32. The minimum absolute atomic E-state index is 0.149. The number of rotatable bonds is 1. The molecule has 6 heteroatoms. The van der Waals surface area contributed by atoms with Crippen molar-refractivity contribution in [3.05, 3.63) is 27.1 Å². The predicted octanol–water partition coefficient (Wildman–Crippen LogP) is 1.55. The molecule has 0 amide bonds. The third kappa shape index (κ3) is 1.55.